The van der Waals surface area contributed by atoms with Crippen molar-refractivity contribution in [2.24, 2.45) is 0 Å². The highest BCUT2D eigenvalue weighted by Crippen LogP contribution is 2.43. The van der Waals surface area contributed by atoms with Gasteiger partial charge in [0, 0.05) is 49.4 Å². The monoisotopic (exact) mass is 575 g/mol. The molecule has 0 saturated heterocycles. The van der Waals surface area contributed by atoms with Crippen LogP contribution in [0.25, 0.3) is 82.5 Å². The molecule has 0 aliphatic heterocycles. The van der Waals surface area contributed by atoms with Crippen molar-refractivity contribution < 1.29 is 0 Å². The minimum Gasteiger partial charge on any atom is -0.310 e. The van der Waals surface area contributed by atoms with Gasteiger partial charge < -0.3 is 13.7 Å². The zero-order chi connectivity index (χ0) is 29.5. The first kappa shape index (κ1) is 24.6. The van der Waals surface area contributed by atoms with Gasteiger partial charge in [0.25, 0.3) is 0 Å². The lowest BCUT2D eigenvalue weighted by Crippen LogP contribution is -1.99. The molecule has 10 rings (SSSR count). The van der Waals surface area contributed by atoms with Crippen LogP contribution in [0.3, 0.4) is 0 Å². The summed E-state index contributed by atoms with van der Waals surface area (Å²) in [5.41, 5.74) is 11.0. The Morgan fingerprint density at radius 1 is 0.400 bits per heavy atom. The molecule has 0 amide bonds. The van der Waals surface area contributed by atoms with Gasteiger partial charge in [0.2, 0.25) is 0 Å². The van der Waals surface area contributed by atoms with Crippen LogP contribution in [0, 0.1) is 0 Å². The second-order valence-corrected chi connectivity index (χ2v) is 12.1. The number of fused-ring (bicyclic) bond motifs is 10. The van der Waals surface area contributed by atoms with Crippen LogP contribution < -0.4 is 0 Å². The lowest BCUT2D eigenvalue weighted by Gasteiger charge is -2.13. The zero-order valence-electron chi connectivity index (χ0n) is 24.7. The Bertz CT molecular complexity index is 2690. The predicted octanol–water partition coefficient (Wildman–Crippen LogP) is 11.2. The maximum atomic E-state index is 2.46. The van der Waals surface area contributed by atoms with E-state index < -0.39 is 0 Å². The van der Waals surface area contributed by atoms with E-state index in [0.29, 0.717) is 0 Å². The molecule has 212 valence electrons. The van der Waals surface area contributed by atoms with Gasteiger partial charge in [0.15, 0.2) is 0 Å². The maximum absolute atomic E-state index is 2.46. The number of nitrogens with zero attached hydrogens (tertiary/aromatic N) is 3. The number of para-hydroxylation sites is 4. The number of benzene rings is 6. The van der Waals surface area contributed by atoms with Gasteiger partial charge in [-0.1, -0.05) is 97.1 Å². The average molecular weight is 576 g/mol. The molecular weight excluding hydrogens is 546 g/mol. The van der Waals surface area contributed by atoms with Crippen molar-refractivity contribution in [1.29, 1.82) is 0 Å². The summed E-state index contributed by atoms with van der Waals surface area (Å²) < 4.78 is 7.36. The summed E-state index contributed by atoms with van der Waals surface area (Å²) >= 11 is 0. The molecular formula is C42H29N3. The quantitative estimate of drug-likeness (QED) is 0.199. The van der Waals surface area contributed by atoms with E-state index in [1.807, 2.05) is 0 Å². The second kappa shape index (κ2) is 9.35. The number of allylic oxidation sites excluding steroid dienone is 4. The summed E-state index contributed by atoms with van der Waals surface area (Å²) in [4.78, 5) is 0. The van der Waals surface area contributed by atoms with Crippen LogP contribution in [0.1, 0.15) is 12.8 Å². The van der Waals surface area contributed by atoms with Gasteiger partial charge in [0.1, 0.15) is 0 Å². The molecule has 1 aliphatic carbocycles. The van der Waals surface area contributed by atoms with E-state index >= 15 is 0 Å². The van der Waals surface area contributed by atoms with Gasteiger partial charge >= 0.3 is 0 Å². The van der Waals surface area contributed by atoms with Crippen LogP contribution in [0.4, 0.5) is 0 Å². The molecule has 3 heterocycles. The van der Waals surface area contributed by atoms with Gasteiger partial charge in [0.05, 0.1) is 33.1 Å². The third kappa shape index (κ3) is 3.41. The highest BCUT2D eigenvalue weighted by Gasteiger charge is 2.21. The lowest BCUT2D eigenvalue weighted by molar-refractivity contribution is 1.02. The lowest BCUT2D eigenvalue weighted by atomic mass is 10.1. The zero-order valence-corrected chi connectivity index (χ0v) is 24.7. The van der Waals surface area contributed by atoms with E-state index in [0.717, 1.165) is 12.8 Å². The fraction of sp³-hybridized carbons (Fsp3) is 0.0476. The van der Waals surface area contributed by atoms with Gasteiger partial charge in [-0.15, -0.1) is 0 Å². The molecule has 6 aromatic carbocycles. The highest BCUT2D eigenvalue weighted by molar-refractivity contribution is 6.26. The molecule has 3 nitrogen and oxygen atoms in total. The van der Waals surface area contributed by atoms with Crippen LogP contribution >= 0.6 is 0 Å². The summed E-state index contributed by atoms with van der Waals surface area (Å²) in [6, 6.07) is 48.9. The molecule has 1 aliphatic rings. The first-order valence-electron chi connectivity index (χ1n) is 15.8. The Labute approximate surface area is 260 Å². The van der Waals surface area contributed by atoms with E-state index in [4.69, 9.17) is 0 Å². The molecule has 9 aromatic rings. The van der Waals surface area contributed by atoms with E-state index in [1.165, 1.54) is 82.5 Å². The summed E-state index contributed by atoms with van der Waals surface area (Å²) in [7, 11) is 0. The number of rotatable bonds is 3. The van der Waals surface area contributed by atoms with Crippen LogP contribution in [-0.2, 0) is 0 Å². The molecule has 0 spiro atoms. The minimum atomic E-state index is 1.07. The third-order valence-corrected chi connectivity index (χ3v) is 9.63. The Kier molecular flexibility index (Phi) is 5.11. The molecule has 0 bridgehead atoms. The van der Waals surface area contributed by atoms with Crippen LogP contribution in [0.2, 0.25) is 0 Å². The van der Waals surface area contributed by atoms with Crippen molar-refractivity contribution >= 4 is 71.1 Å². The normalized spacial score (nSPS) is 13.6. The molecule has 3 aromatic heterocycles. The first-order valence-corrected chi connectivity index (χ1v) is 15.8. The average Bonchev–Trinajstić information content (AvgIpc) is 3.74. The Morgan fingerprint density at radius 2 is 1.02 bits per heavy atom. The second-order valence-electron chi connectivity index (χ2n) is 12.1. The third-order valence-electron chi connectivity index (χ3n) is 9.63. The fourth-order valence-electron chi connectivity index (χ4n) is 7.77. The van der Waals surface area contributed by atoms with E-state index in [2.05, 4.69) is 165 Å². The van der Waals surface area contributed by atoms with Crippen molar-refractivity contribution in [3.05, 3.63) is 152 Å². The topological polar surface area (TPSA) is 14.8 Å². The predicted molar refractivity (Wildman–Crippen MR) is 191 cm³/mol. The highest BCUT2D eigenvalue weighted by atomic mass is 15.0. The van der Waals surface area contributed by atoms with E-state index in [-0.39, 0.29) is 0 Å². The summed E-state index contributed by atoms with van der Waals surface area (Å²) in [5.74, 6) is 0. The van der Waals surface area contributed by atoms with Gasteiger partial charge in [-0.05, 0) is 67.4 Å². The maximum Gasteiger partial charge on any atom is 0.0641 e. The van der Waals surface area contributed by atoms with Crippen LogP contribution in [0.5, 0.6) is 0 Å². The molecule has 0 radical (unpaired) electrons. The summed E-state index contributed by atoms with van der Waals surface area (Å²) in [6.07, 6.45) is 9.11. The summed E-state index contributed by atoms with van der Waals surface area (Å²) in [5, 5.41) is 7.65. The van der Waals surface area contributed by atoms with Gasteiger partial charge in [-0.3, -0.25) is 0 Å². The van der Waals surface area contributed by atoms with Crippen molar-refractivity contribution in [1.82, 2.24) is 13.7 Å². The van der Waals surface area contributed by atoms with Gasteiger partial charge in [-0.2, -0.15) is 0 Å². The van der Waals surface area contributed by atoms with Crippen molar-refractivity contribution in [2.75, 3.05) is 0 Å². The Balaban J connectivity index is 1.34. The molecule has 3 heteroatoms. The number of aromatic nitrogens is 3. The minimum absolute atomic E-state index is 1.07. The van der Waals surface area contributed by atoms with Crippen LogP contribution in [-0.4, -0.2) is 13.7 Å². The number of hydrogen-bond donors (Lipinski definition) is 0. The molecule has 0 fully saturated rings. The molecule has 0 saturated carbocycles. The van der Waals surface area contributed by atoms with E-state index in [1.54, 1.807) is 0 Å². The number of hydrogen-bond acceptors (Lipinski definition) is 0. The fourth-order valence-corrected chi connectivity index (χ4v) is 7.77. The Hall–Kier alpha value is -5.80. The Morgan fingerprint density at radius 3 is 1.78 bits per heavy atom. The SMILES string of the molecule is C1=CC(n2c3ccccc3c3ccc(-n4c5ccccc5c5c4ccc4c6ccccc6n(-c6ccccc6)c45)cc32)=CCC1. The molecule has 0 atom stereocenters. The van der Waals surface area contributed by atoms with Crippen molar-refractivity contribution in [2.45, 2.75) is 12.8 Å². The first-order chi connectivity index (χ1) is 22.4. The molecule has 0 unspecified atom stereocenters. The van der Waals surface area contributed by atoms with Gasteiger partial charge in [-0.25, -0.2) is 0 Å². The molecule has 0 N–H and O–H groups in total. The van der Waals surface area contributed by atoms with Crippen molar-refractivity contribution in [3.63, 3.8) is 0 Å². The van der Waals surface area contributed by atoms with E-state index in [9.17, 15) is 0 Å². The molecule has 45 heavy (non-hydrogen) atoms. The summed E-state index contributed by atoms with van der Waals surface area (Å²) in [6.45, 7) is 0. The largest absolute Gasteiger partial charge is 0.310 e. The van der Waals surface area contributed by atoms with Crippen molar-refractivity contribution in [3.8, 4) is 11.4 Å². The standard InChI is InChI=1S/C42H29N3/c1-3-13-28(14-4-1)43-36-20-10-7-17-31(36)33-24-23-30(27-40(33)43)44-38-22-12-9-19-35(38)41-39(44)26-25-34-32-18-8-11-21-37(32)45(42(34)41)29-15-5-2-6-16-29/h2-3,5-27H,1,4H2. The van der Waals surface area contributed by atoms with Crippen LogP contribution in [0.15, 0.2) is 152 Å². The smallest absolute Gasteiger partial charge is 0.0641 e.